The molecule has 1 amide bonds. The molecule has 0 aliphatic rings. The first-order chi connectivity index (χ1) is 12.8. The summed E-state index contributed by atoms with van der Waals surface area (Å²) in [6.45, 7) is 4.28. The number of ether oxygens (including phenoxy) is 1. The second-order valence-electron chi connectivity index (χ2n) is 6.64. The molecule has 0 unspecified atom stereocenters. The molecule has 1 aromatic rings. The summed E-state index contributed by atoms with van der Waals surface area (Å²) in [5.74, 6) is 0.0638. The molecule has 0 heterocycles. The third kappa shape index (κ3) is 9.70. The normalized spacial score (nSPS) is 11.2. The Morgan fingerprint density at radius 2 is 1.74 bits per heavy atom. The van der Waals surface area contributed by atoms with Crippen LogP contribution >= 0.6 is 0 Å². The fraction of sp³-hybridized carbons (Fsp3) is 0.476. The third-order valence-corrected chi connectivity index (χ3v) is 4.06. The minimum atomic E-state index is -0.107. The smallest absolute Gasteiger partial charge is 0.248 e. The molecule has 0 fully saturated rings. The van der Waals surface area contributed by atoms with Crippen molar-refractivity contribution in [1.82, 2.24) is 10.2 Å². The number of hydrogen-bond donors (Lipinski definition) is 1. The van der Waals surface area contributed by atoms with Crippen LogP contribution in [0.25, 0.3) is 0 Å². The van der Waals surface area contributed by atoms with Crippen molar-refractivity contribution < 1.29 is 19.1 Å². The summed E-state index contributed by atoms with van der Waals surface area (Å²) in [5, 5.41) is 2.93. The van der Waals surface area contributed by atoms with Crippen LogP contribution in [0.5, 0.6) is 0 Å². The average molecular weight is 374 g/mol. The van der Waals surface area contributed by atoms with Crippen molar-refractivity contribution in [2.45, 2.75) is 39.7 Å². The second-order valence-corrected chi connectivity index (χ2v) is 6.64. The number of nitrogens with one attached hydrogen (secondary N) is 1. The minimum Gasteiger partial charge on any atom is -0.392 e. The lowest BCUT2D eigenvalue weighted by atomic mass is 10.1. The van der Waals surface area contributed by atoms with E-state index in [1.165, 1.54) is 0 Å². The van der Waals surface area contributed by atoms with E-state index < -0.39 is 0 Å². The molecule has 0 aliphatic heterocycles. The number of nitrogens with zero attached hydrogens (tertiary/aromatic N) is 1. The molecule has 0 saturated carbocycles. The highest BCUT2D eigenvalue weighted by Crippen LogP contribution is 2.09. The number of ketones is 2. The van der Waals surface area contributed by atoms with Gasteiger partial charge in [-0.15, -0.1) is 0 Å². The van der Waals surface area contributed by atoms with Gasteiger partial charge in [0.05, 0.1) is 0 Å². The van der Waals surface area contributed by atoms with Crippen LogP contribution < -0.4 is 5.32 Å². The summed E-state index contributed by atoms with van der Waals surface area (Å²) >= 11 is 0. The van der Waals surface area contributed by atoms with E-state index in [2.05, 4.69) is 5.32 Å². The molecule has 0 saturated heterocycles. The Bertz CT molecular complexity index is 665. The van der Waals surface area contributed by atoms with Gasteiger partial charge < -0.3 is 19.7 Å². The highest BCUT2D eigenvalue weighted by atomic mass is 16.5. The average Bonchev–Trinajstić information content (AvgIpc) is 2.62. The Morgan fingerprint density at radius 3 is 2.33 bits per heavy atom. The topological polar surface area (TPSA) is 75.7 Å². The number of carbonyl (C=O) groups excluding carboxylic acids is 3. The summed E-state index contributed by atoms with van der Waals surface area (Å²) in [7, 11) is 3.51. The molecular weight excluding hydrogens is 344 g/mol. The van der Waals surface area contributed by atoms with E-state index in [-0.39, 0.29) is 24.1 Å². The second kappa shape index (κ2) is 12.0. The van der Waals surface area contributed by atoms with Crippen LogP contribution in [0.1, 0.15) is 37.8 Å². The van der Waals surface area contributed by atoms with Crippen LogP contribution in [0, 0.1) is 0 Å². The Kier molecular flexibility index (Phi) is 10.0. The van der Waals surface area contributed by atoms with E-state index in [0.717, 1.165) is 16.8 Å². The Hall–Kier alpha value is -2.47. The van der Waals surface area contributed by atoms with E-state index in [1.54, 1.807) is 32.0 Å². The Balaban J connectivity index is 2.42. The number of amides is 1. The standard InChI is InChI=1S/C21H30N2O4/c1-16(22-3)12-20(25)13-18-7-9-19(10-8-18)14-23(4)21(26)15-27-11-5-6-17(2)24/h7-10,12,22H,5-6,11,13-15H2,1-4H3/b16-12-. The van der Waals surface area contributed by atoms with Gasteiger partial charge in [0.1, 0.15) is 12.4 Å². The Labute approximate surface area is 161 Å². The number of Topliss-reactive ketones (excluding diaryl/α,β-unsaturated/α-hetero) is 1. The van der Waals surface area contributed by atoms with E-state index in [4.69, 9.17) is 4.74 Å². The van der Waals surface area contributed by atoms with Crippen LogP contribution in [0.3, 0.4) is 0 Å². The van der Waals surface area contributed by atoms with Gasteiger partial charge in [0.2, 0.25) is 5.91 Å². The van der Waals surface area contributed by atoms with Crippen LogP contribution in [-0.4, -0.2) is 49.7 Å². The zero-order valence-electron chi connectivity index (χ0n) is 16.7. The van der Waals surface area contributed by atoms with Gasteiger partial charge in [-0.2, -0.15) is 0 Å². The predicted octanol–water partition coefficient (Wildman–Crippen LogP) is 2.27. The quantitative estimate of drug-likeness (QED) is 0.449. The van der Waals surface area contributed by atoms with Crippen molar-refractivity contribution in [1.29, 1.82) is 0 Å². The van der Waals surface area contributed by atoms with Crippen molar-refractivity contribution in [3.05, 3.63) is 47.2 Å². The maximum Gasteiger partial charge on any atom is 0.248 e. The molecule has 6 nitrogen and oxygen atoms in total. The SMILES string of the molecule is CN/C(C)=C\C(=O)Cc1ccc(CN(C)C(=O)COCCCC(C)=O)cc1. The maximum absolute atomic E-state index is 12.1. The molecule has 1 aromatic carbocycles. The fourth-order valence-corrected chi connectivity index (χ4v) is 2.38. The van der Waals surface area contributed by atoms with Crippen LogP contribution in [0.4, 0.5) is 0 Å². The van der Waals surface area contributed by atoms with Crippen LogP contribution in [0.2, 0.25) is 0 Å². The first-order valence-electron chi connectivity index (χ1n) is 9.09. The number of carbonyl (C=O) groups is 3. The molecule has 0 radical (unpaired) electrons. The molecule has 148 valence electrons. The molecule has 0 atom stereocenters. The number of likely N-dealkylation sites (N-methyl/N-ethyl adjacent to an activating group) is 1. The lowest BCUT2D eigenvalue weighted by molar-refractivity contribution is -0.135. The molecule has 6 heteroatoms. The molecule has 0 aromatic heterocycles. The van der Waals surface area contributed by atoms with Gasteiger partial charge in [-0.05, 0) is 31.4 Å². The largest absolute Gasteiger partial charge is 0.392 e. The lowest BCUT2D eigenvalue weighted by Gasteiger charge is -2.17. The predicted molar refractivity (Wildman–Crippen MR) is 105 cm³/mol. The van der Waals surface area contributed by atoms with Gasteiger partial charge in [0.25, 0.3) is 0 Å². The number of allylic oxidation sites excluding steroid dienone is 2. The molecule has 27 heavy (non-hydrogen) atoms. The van der Waals surface area contributed by atoms with E-state index >= 15 is 0 Å². The molecule has 0 spiro atoms. The Morgan fingerprint density at radius 1 is 1.11 bits per heavy atom. The van der Waals surface area contributed by atoms with Crippen molar-refractivity contribution in [3.63, 3.8) is 0 Å². The summed E-state index contributed by atoms with van der Waals surface area (Å²) in [6, 6.07) is 7.67. The summed E-state index contributed by atoms with van der Waals surface area (Å²) in [4.78, 5) is 36.4. The monoisotopic (exact) mass is 374 g/mol. The maximum atomic E-state index is 12.1. The molecule has 0 aliphatic carbocycles. The first-order valence-corrected chi connectivity index (χ1v) is 9.09. The molecule has 0 bridgehead atoms. The van der Waals surface area contributed by atoms with Crippen molar-refractivity contribution >= 4 is 17.5 Å². The van der Waals surface area contributed by atoms with Gasteiger partial charge in [0, 0.05) is 51.9 Å². The lowest BCUT2D eigenvalue weighted by Crippen LogP contribution is -2.30. The van der Waals surface area contributed by atoms with Gasteiger partial charge in [-0.1, -0.05) is 24.3 Å². The van der Waals surface area contributed by atoms with Gasteiger partial charge >= 0.3 is 0 Å². The zero-order valence-corrected chi connectivity index (χ0v) is 16.7. The molecular formula is C21H30N2O4. The first kappa shape index (κ1) is 22.6. The van der Waals surface area contributed by atoms with Crippen molar-refractivity contribution in [3.8, 4) is 0 Å². The van der Waals surface area contributed by atoms with E-state index in [1.807, 2.05) is 31.2 Å². The van der Waals surface area contributed by atoms with E-state index in [0.29, 0.717) is 32.4 Å². The fourth-order valence-electron chi connectivity index (χ4n) is 2.38. The van der Waals surface area contributed by atoms with E-state index in [9.17, 15) is 14.4 Å². The number of rotatable bonds is 12. The number of benzene rings is 1. The van der Waals surface area contributed by atoms with Gasteiger partial charge in [-0.25, -0.2) is 0 Å². The highest BCUT2D eigenvalue weighted by molar-refractivity contribution is 5.91. The molecule has 1 N–H and O–H groups in total. The summed E-state index contributed by atoms with van der Waals surface area (Å²) in [6.07, 6.45) is 3.05. The van der Waals surface area contributed by atoms with Crippen LogP contribution in [0.15, 0.2) is 36.0 Å². The highest BCUT2D eigenvalue weighted by Gasteiger charge is 2.10. The summed E-state index contributed by atoms with van der Waals surface area (Å²) < 4.78 is 5.32. The summed E-state index contributed by atoms with van der Waals surface area (Å²) in [5.41, 5.74) is 2.76. The van der Waals surface area contributed by atoms with Gasteiger partial charge in [-0.3, -0.25) is 9.59 Å². The van der Waals surface area contributed by atoms with Gasteiger partial charge in [0.15, 0.2) is 5.78 Å². The third-order valence-electron chi connectivity index (χ3n) is 4.06. The van der Waals surface area contributed by atoms with Crippen molar-refractivity contribution in [2.75, 3.05) is 27.3 Å². The molecule has 1 rings (SSSR count). The number of hydrogen-bond acceptors (Lipinski definition) is 5. The van der Waals surface area contributed by atoms with Crippen LogP contribution in [-0.2, 0) is 32.1 Å². The minimum absolute atomic E-state index is 0.0120. The van der Waals surface area contributed by atoms with Crippen molar-refractivity contribution in [2.24, 2.45) is 0 Å². The zero-order chi connectivity index (χ0) is 20.2.